The topological polar surface area (TPSA) is 25.2 Å². The molecular weight excluding hydrogens is 327 g/mol. The van der Waals surface area contributed by atoms with Gasteiger partial charge in [0.15, 0.2) is 0 Å². The van der Waals surface area contributed by atoms with Crippen molar-refractivity contribution in [2.75, 3.05) is 0 Å². The first kappa shape index (κ1) is 14.3. The molecule has 0 fully saturated rings. The maximum atomic E-state index is 6.18. The van der Waals surface area contributed by atoms with E-state index in [1.165, 1.54) is 0 Å². The van der Waals surface area contributed by atoms with Crippen LogP contribution in [-0.2, 0) is 0 Å². The summed E-state index contributed by atoms with van der Waals surface area (Å²) in [4.78, 5) is 8.70. The van der Waals surface area contributed by atoms with Crippen molar-refractivity contribution in [1.82, 2.24) is 4.98 Å². The average molecular weight is 336 g/mol. The summed E-state index contributed by atoms with van der Waals surface area (Å²) in [5.74, 6) is 0. The number of benzene rings is 2. The van der Waals surface area contributed by atoms with Crippen molar-refractivity contribution in [1.29, 1.82) is 0 Å². The van der Waals surface area contributed by atoms with E-state index < -0.39 is 0 Å². The summed E-state index contributed by atoms with van der Waals surface area (Å²) in [6, 6.07) is 14.9. The summed E-state index contributed by atoms with van der Waals surface area (Å²) < 4.78 is 0. The van der Waals surface area contributed by atoms with Crippen LogP contribution in [0.4, 0.5) is 5.69 Å². The molecule has 0 atom stereocenters. The molecule has 1 aromatic heterocycles. The Hall–Kier alpha value is -1.61. The molecule has 0 unspecified atom stereocenters. The fraction of sp³-hybridized carbons (Fsp3) is 0. The average Bonchev–Trinajstić information content (AvgIpc) is 2.48. The second kappa shape index (κ2) is 6.02. The number of halogens is 3. The summed E-state index contributed by atoms with van der Waals surface area (Å²) in [5.41, 5.74) is 2.31. The van der Waals surface area contributed by atoms with Crippen LogP contribution < -0.4 is 0 Å². The Balaban J connectivity index is 1.98. The highest BCUT2D eigenvalue weighted by Gasteiger charge is 2.03. The third kappa shape index (κ3) is 3.18. The number of fused-ring (bicyclic) bond motifs is 1. The molecule has 0 aliphatic heterocycles. The molecule has 1 heterocycles. The van der Waals surface area contributed by atoms with Gasteiger partial charge in [0.2, 0.25) is 0 Å². The van der Waals surface area contributed by atoms with E-state index in [0.717, 1.165) is 16.5 Å². The molecule has 5 heteroatoms. The van der Waals surface area contributed by atoms with Crippen LogP contribution in [0.5, 0.6) is 0 Å². The van der Waals surface area contributed by atoms with Gasteiger partial charge in [0.05, 0.1) is 21.2 Å². The van der Waals surface area contributed by atoms with Crippen LogP contribution >= 0.6 is 34.8 Å². The Labute approximate surface area is 137 Å². The predicted molar refractivity (Wildman–Crippen MR) is 90.5 cm³/mol. The van der Waals surface area contributed by atoms with E-state index in [1.54, 1.807) is 24.4 Å². The second-order valence-corrected chi connectivity index (χ2v) is 5.59. The Bertz CT molecular complexity index is 844. The molecule has 21 heavy (non-hydrogen) atoms. The van der Waals surface area contributed by atoms with E-state index in [0.29, 0.717) is 20.9 Å². The van der Waals surface area contributed by atoms with Gasteiger partial charge in [-0.2, -0.15) is 0 Å². The minimum atomic E-state index is 0.414. The first-order valence-corrected chi connectivity index (χ1v) is 7.31. The van der Waals surface area contributed by atoms with Crippen LogP contribution in [-0.4, -0.2) is 11.2 Å². The van der Waals surface area contributed by atoms with Crippen LogP contribution in [0.3, 0.4) is 0 Å². The molecule has 0 radical (unpaired) electrons. The van der Waals surface area contributed by atoms with Gasteiger partial charge in [-0.1, -0.05) is 53.0 Å². The smallest absolute Gasteiger partial charge is 0.138 e. The highest BCUT2D eigenvalue weighted by Crippen LogP contribution is 2.27. The predicted octanol–water partition coefficient (Wildman–Crippen LogP) is 5.95. The van der Waals surface area contributed by atoms with Crippen LogP contribution in [0.25, 0.3) is 10.9 Å². The standard InChI is InChI=1S/C16H9Cl3N2/c17-13-6-5-12(8-14(13)18)20-9-11-7-10-3-1-2-4-15(10)21-16(11)19/h1-9H. The van der Waals surface area contributed by atoms with E-state index in [4.69, 9.17) is 34.8 Å². The lowest BCUT2D eigenvalue weighted by Crippen LogP contribution is -1.88. The fourth-order valence-electron chi connectivity index (χ4n) is 1.91. The molecule has 3 aromatic rings. The zero-order chi connectivity index (χ0) is 14.8. The Kier molecular flexibility index (Phi) is 4.11. The SMILES string of the molecule is Clc1ccc(N=Cc2cc3ccccc3nc2Cl)cc1Cl. The van der Waals surface area contributed by atoms with Gasteiger partial charge in [-0.3, -0.25) is 4.99 Å². The van der Waals surface area contributed by atoms with Gasteiger partial charge in [-0.15, -0.1) is 0 Å². The maximum absolute atomic E-state index is 6.18. The molecule has 0 saturated carbocycles. The van der Waals surface area contributed by atoms with E-state index in [1.807, 2.05) is 30.3 Å². The van der Waals surface area contributed by atoms with Gasteiger partial charge in [-0.25, -0.2) is 4.98 Å². The molecule has 2 nitrogen and oxygen atoms in total. The third-order valence-electron chi connectivity index (χ3n) is 2.96. The highest BCUT2D eigenvalue weighted by atomic mass is 35.5. The summed E-state index contributed by atoms with van der Waals surface area (Å²) in [6.07, 6.45) is 1.67. The van der Waals surface area contributed by atoms with Gasteiger partial charge < -0.3 is 0 Å². The number of aliphatic imine (C=N–C) groups is 1. The first-order chi connectivity index (χ1) is 10.1. The monoisotopic (exact) mass is 334 g/mol. The van der Waals surface area contributed by atoms with Crippen molar-refractivity contribution in [2.45, 2.75) is 0 Å². The first-order valence-electron chi connectivity index (χ1n) is 6.18. The molecule has 0 spiro atoms. The number of hydrogen-bond acceptors (Lipinski definition) is 2. The number of aromatic nitrogens is 1. The van der Waals surface area contributed by atoms with Crippen molar-refractivity contribution < 1.29 is 0 Å². The lowest BCUT2D eigenvalue weighted by molar-refractivity contribution is 1.39. The Morgan fingerprint density at radius 1 is 0.905 bits per heavy atom. The summed E-state index contributed by atoms with van der Waals surface area (Å²) in [7, 11) is 0. The molecule has 0 amide bonds. The van der Waals surface area contributed by atoms with Crippen molar-refractivity contribution in [3.63, 3.8) is 0 Å². The van der Waals surface area contributed by atoms with E-state index in [-0.39, 0.29) is 0 Å². The summed E-state index contributed by atoms with van der Waals surface area (Å²) >= 11 is 18.0. The van der Waals surface area contributed by atoms with Crippen LogP contribution in [0.15, 0.2) is 53.5 Å². The second-order valence-electron chi connectivity index (χ2n) is 4.42. The number of hydrogen-bond donors (Lipinski definition) is 0. The number of nitrogens with zero attached hydrogens (tertiary/aromatic N) is 2. The van der Waals surface area contributed by atoms with E-state index >= 15 is 0 Å². The van der Waals surface area contributed by atoms with Crippen molar-refractivity contribution in [3.05, 3.63) is 69.3 Å². The van der Waals surface area contributed by atoms with Crippen LogP contribution in [0, 0.1) is 0 Å². The van der Waals surface area contributed by atoms with Gasteiger partial charge in [0, 0.05) is 17.2 Å². The van der Waals surface area contributed by atoms with Crippen LogP contribution in [0.2, 0.25) is 15.2 Å². The Morgan fingerprint density at radius 3 is 2.52 bits per heavy atom. The number of para-hydroxylation sites is 1. The van der Waals surface area contributed by atoms with Crippen molar-refractivity contribution in [3.8, 4) is 0 Å². The zero-order valence-corrected chi connectivity index (χ0v) is 13.0. The zero-order valence-electron chi connectivity index (χ0n) is 10.7. The maximum Gasteiger partial charge on any atom is 0.138 e. The summed E-state index contributed by atoms with van der Waals surface area (Å²) in [6.45, 7) is 0. The normalized spacial score (nSPS) is 11.4. The molecule has 0 bridgehead atoms. The van der Waals surface area contributed by atoms with Gasteiger partial charge >= 0.3 is 0 Å². The number of rotatable bonds is 2. The van der Waals surface area contributed by atoms with Crippen molar-refractivity contribution in [2.24, 2.45) is 4.99 Å². The van der Waals surface area contributed by atoms with E-state index in [9.17, 15) is 0 Å². The van der Waals surface area contributed by atoms with Gasteiger partial charge in [0.1, 0.15) is 5.15 Å². The number of pyridine rings is 1. The van der Waals surface area contributed by atoms with E-state index in [2.05, 4.69) is 9.98 Å². The molecular formula is C16H9Cl3N2. The molecule has 3 rings (SSSR count). The minimum absolute atomic E-state index is 0.414. The highest BCUT2D eigenvalue weighted by molar-refractivity contribution is 6.42. The Morgan fingerprint density at radius 2 is 1.71 bits per heavy atom. The van der Waals surface area contributed by atoms with Crippen molar-refractivity contribution >= 4 is 57.6 Å². The molecule has 0 N–H and O–H groups in total. The van der Waals surface area contributed by atoms with Gasteiger partial charge in [-0.05, 0) is 30.3 Å². The fourth-order valence-corrected chi connectivity index (χ4v) is 2.40. The molecule has 0 aliphatic carbocycles. The minimum Gasteiger partial charge on any atom is -0.256 e. The molecule has 0 aliphatic rings. The van der Waals surface area contributed by atoms with Crippen LogP contribution in [0.1, 0.15) is 5.56 Å². The quantitative estimate of drug-likeness (QED) is 0.420. The third-order valence-corrected chi connectivity index (χ3v) is 4.00. The lowest BCUT2D eigenvalue weighted by Gasteiger charge is -2.02. The molecule has 2 aromatic carbocycles. The largest absolute Gasteiger partial charge is 0.256 e. The molecule has 0 saturated heterocycles. The lowest BCUT2D eigenvalue weighted by atomic mass is 10.2. The molecule has 104 valence electrons. The summed E-state index contributed by atoms with van der Waals surface area (Å²) in [5, 5.41) is 2.39. The van der Waals surface area contributed by atoms with Gasteiger partial charge in [0.25, 0.3) is 0 Å².